The Labute approximate surface area is 152 Å². The quantitative estimate of drug-likeness (QED) is 0.881. The van der Waals surface area contributed by atoms with Crippen molar-refractivity contribution < 1.29 is 14.0 Å². The summed E-state index contributed by atoms with van der Waals surface area (Å²) in [5.74, 6) is -0.915. The number of nitrogens with one attached hydrogen (secondary N) is 2. The molecule has 0 unspecified atom stereocenters. The van der Waals surface area contributed by atoms with Crippen molar-refractivity contribution in [3.8, 4) is 0 Å². The van der Waals surface area contributed by atoms with E-state index >= 15 is 0 Å². The van der Waals surface area contributed by atoms with Gasteiger partial charge in [-0.05, 0) is 49.6 Å². The van der Waals surface area contributed by atoms with Crippen molar-refractivity contribution in [1.29, 1.82) is 0 Å². The molecule has 6 heteroatoms. The van der Waals surface area contributed by atoms with Gasteiger partial charge in [0.2, 0.25) is 11.8 Å². The Morgan fingerprint density at radius 1 is 1.23 bits per heavy atom. The minimum Gasteiger partial charge on any atom is -0.376 e. The van der Waals surface area contributed by atoms with Crippen LogP contribution in [0.5, 0.6) is 0 Å². The van der Waals surface area contributed by atoms with Crippen LogP contribution in [0, 0.1) is 5.82 Å². The Hall–Kier alpha value is -2.89. The van der Waals surface area contributed by atoms with Crippen LogP contribution in [0.3, 0.4) is 0 Å². The summed E-state index contributed by atoms with van der Waals surface area (Å²) in [6, 6.07) is 12.4. The first kappa shape index (κ1) is 17.9. The summed E-state index contributed by atoms with van der Waals surface area (Å²) in [7, 11) is 0. The van der Waals surface area contributed by atoms with Crippen LogP contribution in [0.4, 0.5) is 21.5 Å². The number of rotatable bonds is 4. The summed E-state index contributed by atoms with van der Waals surface area (Å²) in [4.78, 5) is 25.8. The number of fused-ring (bicyclic) bond motifs is 1. The van der Waals surface area contributed by atoms with Crippen LogP contribution < -0.4 is 15.5 Å². The number of hydrogen-bond donors (Lipinski definition) is 2. The van der Waals surface area contributed by atoms with Crippen molar-refractivity contribution in [1.82, 2.24) is 0 Å². The molecule has 1 atom stereocenters. The van der Waals surface area contributed by atoms with Gasteiger partial charge in [-0.2, -0.15) is 0 Å². The van der Waals surface area contributed by atoms with E-state index in [9.17, 15) is 14.0 Å². The van der Waals surface area contributed by atoms with Crippen LogP contribution in [0.2, 0.25) is 0 Å². The van der Waals surface area contributed by atoms with E-state index in [2.05, 4.69) is 16.7 Å². The molecule has 2 aromatic carbocycles. The van der Waals surface area contributed by atoms with Crippen molar-refractivity contribution in [2.24, 2.45) is 0 Å². The van der Waals surface area contributed by atoms with Crippen LogP contribution in [-0.2, 0) is 16.0 Å². The monoisotopic (exact) mass is 355 g/mol. The number of halogens is 1. The van der Waals surface area contributed by atoms with Crippen molar-refractivity contribution in [2.45, 2.75) is 32.7 Å². The van der Waals surface area contributed by atoms with Gasteiger partial charge >= 0.3 is 0 Å². The predicted molar refractivity (Wildman–Crippen MR) is 101 cm³/mol. The van der Waals surface area contributed by atoms with Gasteiger partial charge in [0.05, 0.1) is 12.2 Å². The molecular weight excluding hydrogens is 333 g/mol. The molecule has 0 saturated heterocycles. The highest BCUT2D eigenvalue weighted by atomic mass is 19.1. The Bertz CT molecular complexity index is 838. The molecule has 2 N–H and O–H groups in total. The van der Waals surface area contributed by atoms with E-state index in [0.717, 1.165) is 18.5 Å². The minimum absolute atomic E-state index is 0.0462. The average Bonchev–Trinajstić information content (AvgIpc) is 2.61. The molecule has 0 aromatic heterocycles. The zero-order valence-electron chi connectivity index (χ0n) is 14.9. The second-order valence-corrected chi connectivity index (χ2v) is 6.51. The molecule has 1 heterocycles. The first-order valence-corrected chi connectivity index (χ1v) is 8.66. The predicted octanol–water partition coefficient (Wildman–Crippen LogP) is 3.56. The lowest BCUT2D eigenvalue weighted by Crippen LogP contribution is -2.44. The molecule has 2 amide bonds. The van der Waals surface area contributed by atoms with Crippen LogP contribution in [0.1, 0.15) is 25.8 Å². The van der Waals surface area contributed by atoms with Crippen molar-refractivity contribution >= 4 is 28.9 Å². The third-order valence-electron chi connectivity index (χ3n) is 4.51. The third-order valence-corrected chi connectivity index (χ3v) is 4.51. The Morgan fingerprint density at radius 2 is 2.00 bits per heavy atom. The molecule has 0 bridgehead atoms. The van der Waals surface area contributed by atoms with Crippen molar-refractivity contribution in [3.05, 3.63) is 53.8 Å². The molecule has 0 radical (unpaired) electrons. The highest BCUT2D eigenvalue weighted by Gasteiger charge is 2.27. The fourth-order valence-electron chi connectivity index (χ4n) is 3.25. The first-order chi connectivity index (χ1) is 12.5. The van der Waals surface area contributed by atoms with E-state index in [4.69, 9.17) is 0 Å². The lowest BCUT2D eigenvalue weighted by Gasteiger charge is -2.35. The van der Waals surface area contributed by atoms with Gasteiger partial charge in [0.25, 0.3) is 0 Å². The largest absolute Gasteiger partial charge is 0.376 e. The van der Waals surface area contributed by atoms with Gasteiger partial charge in [-0.15, -0.1) is 0 Å². The number of benzene rings is 2. The normalized spacial score (nSPS) is 16.0. The number of aryl methyl sites for hydroxylation is 1. The van der Waals surface area contributed by atoms with E-state index in [1.807, 2.05) is 30.0 Å². The van der Waals surface area contributed by atoms with Crippen LogP contribution >= 0.6 is 0 Å². The van der Waals surface area contributed by atoms with Gasteiger partial charge in [0.15, 0.2) is 0 Å². The van der Waals surface area contributed by atoms with E-state index < -0.39 is 5.82 Å². The number of amides is 2. The lowest BCUT2D eigenvalue weighted by atomic mass is 9.96. The maximum absolute atomic E-state index is 13.7. The number of para-hydroxylation sites is 1. The smallest absolute Gasteiger partial charge is 0.246 e. The Morgan fingerprint density at radius 3 is 2.77 bits per heavy atom. The molecule has 2 aromatic rings. The molecule has 136 valence electrons. The van der Waals surface area contributed by atoms with Gasteiger partial charge in [0.1, 0.15) is 5.82 Å². The number of carbonyl (C=O) groups is 2. The SMILES string of the molecule is CC(=O)Nc1cc(NCC(=O)N2c3ccccc3CC[C@H]2C)ccc1F. The molecular formula is C20H22FN3O2. The summed E-state index contributed by atoms with van der Waals surface area (Å²) < 4.78 is 13.7. The highest BCUT2D eigenvalue weighted by molar-refractivity contribution is 5.98. The maximum atomic E-state index is 13.7. The fourth-order valence-corrected chi connectivity index (χ4v) is 3.25. The molecule has 0 aliphatic carbocycles. The molecule has 0 fully saturated rings. The zero-order chi connectivity index (χ0) is 18.7. The lowest BCUT2D eigenvalue weighted by molar-refractivity contribution is -0.117. The Balaban J connectivity index is 1.72. The molecule has 1 aliphatic heterocycles. The average molecular weight is 355 g/mol. The van der Waals surface area contributed by atoms with Gasteiger partial charge in [-0.1, -0.05) is 18.2 Å². The van der Waals surface area contributed by atoms with E-state index in [0.29, 0.717) is 5.69 Å². The summed E-state index contributed by atoms with van der Waals surface area (Å²) in [5.41, 5.74) is 2.79. The zero-order valence-corrected chi connectivity index (χ0v) is 14.9. The van der Waals surface area contributed by atoms with Crippen LogP contribution in [0.15, 0.2) is 42.5 Å². The fraction of sp³-hybridized carbons (Fsp3) is 0.300. The molecule has 1 aliphatic rings. The number of nitrogens with zero attached hydrogens (tertiary/aromatic N) is 1. The second-order valence-electron chi connectivity index (χ2n) is 6.51. The topological polar surface area (TPSA) is 61.4 Å². The van der Waals surface area contributed by atoms with Gasteiger partial charge in [-0.3, -0.25) is 9.59 Å². The molecule has 5 nitrogen and oxygen atoms in total. The first-order valence-electron chi connectivity index (χ1n) is 8.66. The molecule has 0 spiro atoms. The number of anilines is 3. The summed E-state index contributed by atoms with van der Waals surface area (Å²) in [6.07, 6.45) is 1.89. The molecule has 26 heavy (non-hydrogen) atoms. The van der Waals surface area contributed by atoms with Crippen molar-refractivity contribution in [2.75, 3.05) is 22.1 Å². The second kappa shape index (κ2) is 7.56. The maximum Gasteiger partial charge on any atom is 0.246 e. The standard InChI is InChI=1S/C20H22FN3O2/c1-13-7-8-15-5-3-4-6-19(15)24(13)20(26)12-22-16-9-10-17(21)18(11-16)23-14(2)25/h3-6,9-11,13,22H,7-8,12H2,1-2H3,(H,23,25)/t13-/m1/s1. The van der Waals surface area contributed by atoms with Gasteiger partial charge in [-0.25, -0.2) is 4.39 Å². The third kappa shape index (κ3) is 3.85. The van der Waals surface area contributed by atoms with Gasteiger partial charge < -0.3 is 15.5 Å². The summed E-state index contributed by atoms with van der Waals surface area (Å²) >= 11 is 0. The minimum atomic E-state index is -0.518. The Kier molecular flexibility index (Phi) is 5.21. The molecule has 0 saturated carbocycles. The van der Waals surface area contributed by atoms with E-state index in [-0.39, 0.29) is 30.1 Å². The van der Waals surface area contributed by atoms with E-state index in [1.165, 1.54) is 24.6 Å². The van der Waals surface area contributed by atoms with Crippen LogP contribution in [-0.4, -0.2) is 24.4 Å². The number of hydrogen-bond acceptors (Lipinski definition) is 3. The molecule has 3 rings (SSSR count). The van der Waals surface area contributed by atoms with E-state index in [1.54, 1.807) is 6.07 Å². The highest BCUT2D eigenvalue weighted by Crippen LogP contribution is 2.30. The van der Waals surface area contributed by atoms with Gasteiger partial charge in [0, 0.05) is 24.3 Å². The van der Waals surface area contributed by atoms with Crippen molar-refractivity contribution in [3.63, 3.8) is 0 Å². The summed E-state index contributed by atoms with van der Waals surface area (Å²) in [5, 5.41) is 5.46. The summed E-state index contributed by atoms with van der Waals surface area (Å²) in [6.45, 7) is 3.45. The van der Waals surface area contributed by atoms with Crippen LogP contribution in [0.25, 0.3) is 0 Å². The number of carbonyl (C=O) groups excluding carboxylic acids is 2.